The molecule has 0 saturated carbocycles. The summed E-state index contributed by atoms with van der Waals surface area (Å²) in [6.07, 6.45) is 3.91. The van der Waals surface area contributed by atoms with Gasteiger partial charge in [0, 0.05) is 62.5 Å². The van der Waals surface area contributed by atoms with E-state index in [0.717, 1.165) is 49.5 Å². The normalized spacial score (nSPS) is 14.8. The van der Waals surface area contributed by atoms with Crippen molar-refractivity contribution in [2.45, 2.75) is 27.3 Å². The molecule has 1 amide bonds. The molecule has 0 radical (unpaired) electrons. The Bertz CT molecular complexity index is 985. The van der Waals surface area contributed by atoms with E-state index in [1.165, 1.54) is 16.6 Å². The van der Waals surface area contributed by atoms with E-state index in [0.29, 0.717) is 0 Å². The molecule has 140 valence electrons. The molecular formula is C21H25N5O. The smallest absolute Gasteiger partial charge is 0.219 e. The number of pyridine rings is 1. The van der Waals surface area contributed by atoms with Crippen LogP contribution in [-0.2, 0) is 11.3 Å². The average Bonchev–Trinajstić information content (AvgIpc) is 3.17. The van der Waals surface area contributed by atoms with Crippen LogP contribution in [0.25, 0.3) is 22.2 Å². The summed E-state index contributed by atoms with van der Waals surface area (Å²) in [7, 11) is 0. The highest BCUT2D eigenvalue weighted by molar-refractivity contribution is 5.88. The molecule has 3 heterocycles. The van der Waals surface area contributed by atoms with Crippen molar-refractivity contribution >= 4 is 22.5 Å². The second kappa shape index (κ2) is 7.02. The largest absolute Gasteiger partial charge is 0.368 e. The lowest BCUT2D eigenvalue weighted by atomic mass is 10.1. The molecule has 6 heteroatoms. The first-order valence-corrected chi connectivity index (χ1v) is 9.50. The summed E-state index contributed by atoms with van der Waals surface area (Å²) in [5.74, 6) is 0.159. The topological polar surface area (TPSA) is 54.3 Å². The fourth-order valence-electron chi connectivity index (χ4n) is 3.68. The van der Waals surface area contributed by atoms with E-state index < -0.39 is 0 Å². The highest BCUT2D eigenvalue weighted by Crippen LogP contribution is 2.28. The van der Waals surface area contributed by atoms with Crippen LogP contribution in [0, 0.1) is 6.92 Å². The van der Waals surface area contributed by atoms with Crippen molar-refractivity contribution in [3.8, 4) is 11.3 Å². The second-order valence-electron chi connectivity index (χ2n) is 7.10. The molecule has 0 bridgehead atoms. The minimum Gasteiger partial charge on any atom is -0.368 e. The molecule has 1 aromatic carbocycles. The molecular weight excluding hydrogens is 338 g/mol. The van der Waals surface area contributed by atoms with Crippen molar-refractivity contribution < 1.29 is 4.79 Å². The third-order valence-electron chi connectivity index (χ3n) is 5.34. The van der Waals surface area contributed by atoms with E-state index in [1.54, 1.807) is 6.92 Å². The van der Waals surface area contributed by atoms with E-state index in [9.17, 15) is 4.79 Å². The molecule has 0 atom stereocenters. The van der Waals surface area contributed by atoms with E-state index in [-0.39, 0.29) is 5.91 Å². The second-order valence-corrected chi connectivity index (χ2v) is 7.10. The van der Waals surface area contributed by atoms with Crippen molar-refractivity contribution in [3.05, 3.63) is 42.2 Å². The van der Waals surface area contributed by atoms with Gasteiger partial charge in [-0.1, -0.05) is 0 Å². The van der Waals surface area contributed by atoms with Crippen molar-refractivity contribution in [1.82, 2.24) is 19.7 Å². The Morgan fingerprint density at radius 2 is 1.93 bits per heavy atom. The van der Waals surface area contributed by atoms with Crippen LogP contribution in [-0.4, -0.2) is 51.8 Å². The SMILES string of the molecule is CCn1cc(-c2cc(C)c3cc(N4CCN(C(C)=O)CC4)ccc3n2)cn1. The fourth-order valence-corrected chi connectivity index (χ4v) is 3.68. The molecule has 4 rings (SSSR count). The number of benzene rings is 1. The molecule has 0 unspecified atom stereocenters. The standard InChI is InChI=1S/C21H25N5O/c1-4-26-14-17(13-22-26)21-11-15(2)19-12-18(5-6-20(19)23-21)25-9-7-24(8-10-25)16(3)27/h5-6,11-14H,4,7-10H2,1-3H3. The molecule has 3 aromatic rings. The first-order valence-electron chi connectivity index (χ1n) is 9.50. The van der Waals surface area contributed by atoms with Gasteiger partial charge in [-0.25, -0.2) is 4.98 Å². The molecule has 2 aromatic heterocycles. The predicted octanol–water partition coefficient (Wildman–Crippen LogP) is 3.10. The maximum atomic E-state index is 11.5. The summed E-state index contributed by atoms with van der Waals surface area (Å²) >= 11 is 0. The predicted molar refractivity (Wildman–Crippen MR) is 108 cm³/mol. The number of amides is 1. The molecule has 1 fully saturated rings. The zero-order valence-corrected chi connectivity index (χ0v) is 16.1. The summed E-state index contributed by atoms with van der Waals surface area (Å²) in [6.45, 7) is 10.0. The number of aryl methyl sites for hydroxylation is 2. The van der Waals surface area contributed by atoms with E-state index in [4.69, 9.17) is 4.98 Å². The minimum absolute atomic E-state index is 0.159. The quantitative estimate of drug-likeness (QED) is 0.718. The zero-order chi connectivity index (χ0) is 19.0. The number of anilines is 1. The molecule has 0 aliphatic carbocycles. The third-order valence-corrected chi connectivity index (χ3v) is 5.34. The maximum Gasteiger partial charge on any atom is 0.219 e. The third kappa shape index (κ3) is 3.39. The van der Waals surface area contributed by atoms with Gasteiger partial charge in [-0.2, -0.15) is 5.10 Å². The van der Waals surface area contributed by atoms with E-state index >= 15 is 0 Å². The van der Waals surface area contributed by atoms with Crippen molar-refractivity contribution in [2.75, 3.05) is 31.1 Å². The van der Waals surface area contributed by atoms with E-state index in [1.807, 2.05) is 22.0 Å². The van der Waals surface area contributed by atoms with Gasteiger partial charge in [-0.15, -0.1) is 0 Å². The van der Waals surface area contributed by atoms with Gasteiger partial charge in [0.2, 0.25) is 5.91 Å². The van der Waals surface area contributed by atoms with Crippen LogP contribution >= 0.6 is 0 Å². The van der Waals surface area contributed by atoms with Crippen molar-refractivity contribution in [3.63, 3.8) is 0 Å². The molecule has 0 N–H and O–H groups in total. The Labute approximate surface area is 159 Å². The highest BCUT2D eigenvalue weighted by Gasteiger charge is 2.19. The van der Waals surface area contributed by atoms with Gasteiger partial charge < -0.3 is 9.80 Å². The molecule has 1 aliphatic rings. The van der Waals surface area contributed by atoms with Crippen LogP contribution < -0.4 is 4.90 Å². The number of rotatable bonds is 3. The molecule has 1 saturated heterocycles. The average molecular weight is 363 g/mol. The number of hydrogen-bond acceptors (Lipinski definition) is 4. The number of carbonyl (C=O) groups is 1. The Morgan fingerprint density at radius 1 is 1.15 bits per heavy atom. The van der Waals surface area contributed by atoms with Gasteiger partial charge in [0.15, 0.2) is 0 Å². The Balaban J connectivity index is 1.62. The van der Waals surface area contributed by atoms with Crippen LogP contribution in [0.15, 0.2) is 36.7 Å². The molecule has 6 nitrogen and oxygen atoms in total. The van der Waals surface area contributed by atoms with Gasteiger partial charge in [0.05, 0.1) is 17.4 Å². The lowest BCUT2D eigenvalue weighted by Gasteiger charge is -2.35. The van der Waals surface area contributed by atoms with Crippen LogP contribution in [0.4, 0.5) is 5.69 Å². The van der Waals surface area contributed by atoms with Crippen LogP contribution in [0.2, 0.25) is 0 Å². The van der Waals surface area contributed by atoms with Crippen molar-refractivity contribution in [2.24, 2.45) is 0 Å². The van der Waals surface area contributed by atoms with Gasteiger partial charge in [0.25, 0.3) is 0 Å². The zero-order valence-electron chi connectivity index (χ0n) is 16.1. The summed E-state index contributed by atoms with van der Waals surface area (Å²) in [5.41, 5.74) is 5.42. The Kier molecular flexibility index (Phi) is 4.56. The fraction of sp³-hybridized carbons (Fsp3) is 0.381. The summed E-state index contributed by atoms with van der Waals surface area (Å²) in [6, 6.07) is 8.59. The summed E-state index contributed by atoms with van der Waals surface area (Å²) in [4.78, 5) is 20.6. The number of hydrogen-bond donors (Lipinski definition) is 0. The number of nitrogens with zero attached hydrogens (tertiary/aromatic N) is 5. The first kappa shape index (κ1) is 17.5. The summed E-state index contributed by atoms with van der Waals surface area (Å²) < 4.78 is 1.92. The number of fused-ring (bicyclic) bond motifs is 1. The van der Waals surface area contributed by atoms with E-state index in [2.05, 4.69) is 48.1 Å². The Morgan fingerprint density at radius 3 is 2.59 bits per heavy atom. The maximum absolute atomic E-state index is 11.5. The highest BCUT2D eigenvalue weighted by atomic mass is 16.2. The van der Waals surface area contributed by atoms with Crippen LogP contribution in [0.3, 0.4) is 0 Å². The van der Waals surface area contributed by atoms with Gasteiger partial charge in [-0.05, 0) is 43.7 Å². The lowest BCUT2D eigenvalue weighted by molar-refractivity contribution is -0.129. The van der Waals surface area contributed by atoms with Gasteiger partial charge in [-0.3, -0.25) is 9.48 Å². The molecule has 0 spiro atoms. The van der Waals surface area contributed by atoms with Crippen LogP contribution in [0.5, 0.6) is 0 Å². The van der Waals surface area contributed by atoms with Gasteiger partial charge in [0.1, 0.15) is 0 Å². The Hall–Kier alpha value is -2.89. The first-order chi connectivity index (χ1) is 13.0. The number of carbonyl (C=O) groups excluding carboxylic acids is 1. The number of piperazine rings is 1. The minimum atomic E-state index is 0.159. The number of aromatic nitrogens is 3. The summed E-state index contributed by atoms with van der Waals surface area (Å²) in [5, 5.41) is 5.53. The lowest BCUT2D eigenvalue weighted by Crippen LogP contribution is -2.48. The van der Waals surface area contributed by atoms with Crippen LogP contribution in [0.1, 0.15) is 19.4 Å². The van der Waals surface area contributed by atoms with Gasteiger partial charge >= 0.3 is 0 Å². The molecule has 27 heavy (non-hydrogen) atoms. The van der Waals surface area contributed by atoms with Crippen molar-refractivity contribution in [1.29, 1.82) is 0 Å². The monoisotopic (exact) mass is 363 g/mol. The molecule has 1 aliphatic heterocycles.